The Kier molecular flexibility index (Phi) is 6.45. The molecule has 134 valence electrons. The first-order valence-electron chi connectivity index (χ1n) is 8.65. The van der Waals surface area contributed by atoms with Gasteiger partial charge in [-0.3, -0.25) is 4.79 Å². The number of carbonyl (C=O) groups excluding carboxylic acids is 1. The molecule has 1 N–H and O–H groups in total. The molecule has 0 aromatic heterocycles. The predicted molar refractivity (Wildman–Crippen MR) is 101 cm³/mol. The molecule has 0 bridgehead atoms. The Morgan fingerprint density at radius 1 is 1.16 bits per heavy atom. The summed E-state index contributed by atoms with van der Waals surface area (Å²) in [6.45, 7) is 9.08. The van der Waals surface area contributed by atoms with E-state index in [4.69, 9.17) is 9.47 Å². The lowest BCUT2D eigenvalue weighted by atomic mass is 9.96. The molecule has 0 atom stereocenters. The van der Waals surface area contributed by atoms with Gasteiger partial charge in [0.15, 0.2) is 0 Å². The smallest absolute Gasteiger partial charge is 0.251 e. The van der Waals surface area contributed by atoms with E-state index in [9.17, 15) is 4.79 Å². The first kappa shape index (κ1) is 18.8. The highest BCUT2D eigenvalue weighted by Crippen LogP contribution is 2.29. The molecule has 0 saturated heterocycles. The van der Waals surface area contributed by atoms with Crippen molar-refractivity contribution in [1.29, 1.82) is 0 Å². The zero-order chi connectivity index (χ0) is 18.4. The van der Waals surface area contributed by atoms with Crippen LogP contribution in [-0.4, -0.2) is 19.6 Å². The number of ether oxygens (including phenoxy) is 2. The van der Waals surface area contributed by atoms with Gasteiger partial charge in [-0.2, -0.15) is 0 Å². The number of benzene rings is 2. The maximum absolute atomic E-state index is 12.7. The molecule has 2 aromatic rings. The maximum atomic E-state index is 12.7. The molecule has 2 rings (SSSR count). The summed E-state index contributed by atoms with van der Waals surface area (Å²) in [5.74, 6) is 1.82. The lowest BCUT2D eigenvalue weighted by molar-refractivity contribution is 0.0950. The summed E-state index contributed by atoms with van der Waals surface area (Å²) in [4.78, 5) is 12.7. The molecule has 0 aliphatic heterocycles. The third kappa shape index (κ3) is 4.53. The highest BCUT2D eigenvalue weighted by molar-refractivity contribution is 5.96. The molecule has 0 fully saturated rings. The van der Waals surface area contributed by atoms with E-state index in [0.29, 0.717) is 18.7 Å². The average molecular weight is 341 g/mol. The van der Waals surface area contributed by atoms with Crippen molar-refractivity contribution in [1.82, 2.24) is 5.32 Å². The summed E-state index contributed by atoms with van der Waals surface area (Å²) in [6.07, 6.45) is 0. The number of hydrogen-bond acceptors (Lipinski definition) is 3. The van der Waals surface area contributed by atoms with Crippen molar-refractivity contribution in [3.05, 3.63) is 58.7 Å². The second kappa shape index (κ2) is 8.56. The average Bonchev–Trinajstić information content (AvgIpc) is 2.60. The second-order valence-electron chi connectivity index (χ2n) is 6.29. The Bertz CT molecular complexity index is 738. The largest absolute Gasteiger partial charge is 0.496 e. The summed E-state index contributed by atoms with van der Waals surface area (Å²) in [7, 11) is 1.66. The molecule has 0 aliphatic rings. The molecule has 0 unspecified atom stereocenters. The molecule has 0 spiro atoms. The Labute approximate surface area is 150 Å². The van der Waals surface area contributed by atoms with Gasteiger partial charge in [0, 0.05) is 17.7 Å². The number of aryl methyl sites for hydroxylation is 1. The van der Waals surface area contributed by atoms with Crippen LogP contribution in [0.4, 0.5) is 0 Å². The van der Waals surface area contributed by atoms with Crippen LogP contribution in [0.2, 0.25) is 0 Å². The summed E-state index contributed by atoms with van der Waals surface area (Å²) in [5, 5.41) is 3.00. The first-order valence-corrected chi connectivity index (χ1v) is 8.65. The maximum Gasteiger partial charge on any atom is 0.251 e. The number of hydrogen-bond donors (Lipinski definition) is 1. The molecule has 0 heterocycles. The van der Waals surface area contributed by atoms with E-state index in [2.05, 4.69) is 19.2 Å². The standard InChI is InChI=1S/C21H27NO3/c1-6-25-19-10-8-7-9-16(19)13-22-21(23)18-12-17(14(2)3)20(24-5)11-15(18)4/h7-12,14H,6,13H2,1-5H3,(H,22,23). The number of methoxy groups -OCH3 is 1. The quantitative estimate of drug-likeness (QED) is 0.809. The molecule has 1 amide bonds. The zero-order valence-electron chi connectivity index (χ0n) is 15.7. The van der Waals surface area contributed by atoms with Crippen molar-refractivity contribution in [3.8, 4) is 11.5 Å². The van der Waals surface area contributed by atoms with Crippen LogP contribution < -0.4 is 14.8 Å². The van der Waals surface area contributed by atoms with Gasteiger partial charge < -0.3 is 14.8 Å². The van der Waals surface area contributed by atoms with E-state index in [0.717, 1.165) is 28.2 Å². The number of nitrogens with one attached hydrogen (secondary N) is 1. The van der Waals surface area contributed by atoms with Crippen LogP contribution in [0.5, 0.6) is 11.5 Å². The fourth-order valence-electron chi connectivity index (χ4n) is 2.79. The SMILES string of the molecule is CCOc1ccccc1CNC(=O)c1cc(C(C)C)c(OC)cc1C. The Morgan fingerprint density at radius 2 is 1.88 bits per heavy atom. The van der Waals surface area contributed by atoms with E-state index in [1.54, 1.807) is 7.11 Å². The molecule has 4 heteroatoms. The Balaban J connectivity index is 2.20. The minimum atomic E-state index is -0.0895. The van der Waals surface area contributed by atoms with Gasteiger partial charge in [0.2, 0.25) is 0 Å². The van der Waals surface area contributed by atoms with Gasteiger partial charge >= 0.3 is 0 Å². The summed E-state index contributed by atoms with van der Waals surface area (Å²) < 4.78 is 11.1. The molecular formula is C21H27NO3. The third-order valence-corrected chi connectivity index (χ3v) is 4.16. The van der Waals surface area contributed by atoms with Crippen molar-refractivity contribution in [2.45, 2.75) is 40.2 Å². The fraction of sp³-hybridized carbons (Fsp3) is 0.381. The van der Waals surface area contributed by atoms with Gasteiger partial charge in [0.05, 0.1) is 13.7 Å². The minimum absolute atomic E-state index is 0.0895. The number of para-hydroxylation sites is 1. The third-order valence-electron chi connectivity index (χ3n) is 4.16. The molecule has 4 nitrogen and oxygen atoms in total. The van der Waals surface area contributed by atoms with E-state index < -0.39 is 0 Å². The zero-order valence-corrected chi connectivity index (χ0v) is 15.7. The summed E-state index contributed by atoms with van der Waals surface area (Å²) in [5.41, 5.74) is 3.58. The van der Waals surface area contributed by atoms with E-state index in [1.165, 1.54) is 0 Å². The normalized spacial score (nSPS) is 10.6. The second-order valence-corrected chi connectivity index (χ2v) is 6.29. The van der Waals surface area contributed by atoms with Gasteiger partial charge in [-0.05, 0) is 49.1 Å². The van der Waals surface area contributed by atoms with Crippen molar-refractivity contribution < 1.29 is 14.3 Å². The minimum Gasteiger partial charge on any atom is -0.496 e. The summed E-state index contributed by atoms with van der Waals surface area (Å²) in [6, 6.07) is 11.6. The molecule has 2 aromatic carbocycles. The van der Waals surface area contributed by atoms with Gasteiger partial charge in [-0.25, -0.2) is 0 Å². The highest BCUT2D eigenvalue weighted by Gasteiger charge is 2.16. The van der Waals surface area contributed by atoms with E-state index in [1.807, 2.05) is 50.2 Å². The predicted octanol–water partition coefficient (Wildman–Crippen LogP) is 4.46. The van der Waals surface area contributed by atoms with Crippen LogP contribution in [0.3, 0.4) is 0 Å². The molecule has 0 aliphatic carbocycles. The molecule has 25 heavy (non-hydrogen) atoms. The Hall–Kier alpha value is -2.49. The van der Waals surface area contributed by atoms with Crippen molar-refractivity contribution >= 4 is 5.91 Å². The number of rotatable bonds is 7. The van der Waals surface area contributed by atoms with E-state index in [-0.39, 0.29) is 11.8 Å². The topological polar surface area (TPSA) is 47.6 Å². The van der Waals surface area contributed by atoms with Crippen molar-refractivity contribution in [3.63, 3.8) is 0 Å². The van der Waals surface area contributed by atoms with Crippen LogP contribution in [0.15, 0.2) is 36.4 Å². The van der Waals surface area contributed by atoms with E-state index >= 15 is 0 Å². The highest BCUT2D eigenvalue weighted by atomic mass is 16.5. The monoisotopic (exact) mass is 341 g/mol. The van der Waals surface area contributed by atoms with Gasteiger partial charge in [0.25, 0.3) is 5.91 Å². The van der Waals surface area contributed by atoms with Crippen LogP contribution in [-0.2, 0) is 6.54 Å². The van der Waals surface area contributed by atoms with Crippen LogP contribution in [0, 0.1) is 6.92 Å². The molecule has 0 saturated carbocycles. The number of carbonyl (C=O) groups is 1. The van der Waals surface area contributed by atoms with Crippen molar-refractivity contribution in [2.24, 2.45) is 0 Å². The first-order chi connectivity index (χ1) is 12.0. The molecule has 0 radical (unpaired) electrons. The lowest BCUT2D eigenvalue weighted by Gasteiger charge is -2.16. The van der Waals surface area contributed by atoms with Crippen LogP contribution >= 0.6 is 0 Å². The van der Waals surface area contributed by atoms with Crippen LogP contribution in [0.1, 0.15) is 53.7 Å². The molecular weight excluding hydrogens is 314 g/mol. The van der Waals surface area contributed by atoms with Gasteiger partial charge in [0.1, 0.15) is 11.5 Å². The van der Waals surface area contributed by atoms with Gasteiger partial charge in [-0.1, -0.05) is 32.0 Å². The summed E-state index contributed by atoms with van der Waals surface area (Å²) >= 11 is 0. The lowest BCUT2D eigenvalue weighted by Crippen LogP contribution is -2.24. The van der Waals surface area contributed by atoms with Crippen LogP contribution in [0.25, 0.3) is 0 Å². The fourth-order valence-corrected chi connectivity index (χ4v) is 2.79. The Morgan fingerprint density at radius 3 is 2.52 bits per heavy atom. The number of amides is 1. The van der Waals surface area contributed by atoms with Gasteiger partial charge in [-0.15, -0.1) is 0 Å². The van der Waals surface area contributed by atoms with Crippen molar-refractivity contribution in [2.75, 3.05) is 13.7 Å².